The van der Waals surface area contributed by atoms with Gasteiger partial charge in [-0.1, -0.05) is 13.5 Å². The van der Waals surface area contributed by atoms with Crippen molar-refractivity contribution in [2.75, 3.05) is 19.6 Å². The van der Waals surface area contributed by atoms with E-state index in [0.29, 0.717) is 5.76 Å². The summed E-state index contributed by atoms with van der Waals surface area (Å²) in [4.78, 5) is 13.8. The molecule has 0 aliphatic carbocycles. The first-order valence-electron chi connectivity index (χ1n) is 5.23. The highest BCUT2D eigenvalue weighted by Crippen LogP contribution is 2.18. The fraction of sp³-hybridized carbons (Fsp3) is 0.727. The molecule has 3 heteroatoms. The van der Waals surface area contributed by atoms with Crippen LogP contribution in [0.25, 0.3) is 0 Å². The SMILES string of the molecule is C=C(C)OC(=O)C1CCCN(CC)C1. The summed E-state index contributed by atoms with van der Waals surface area (Å²) in [6, 6.07) is 0. The first-order valence-corrected chi connectivity index (χ1v) is 5.23. The molecule has 80 valence electrons. The highest BCUT2D eigenvalue weighted by molar-refractivity contribution is 5.73. The third-order valence-corrected chi connectivity index (χ3v) is 2.56. The van der Waals surface area contributed by atoms with Gasteiger partial charge in [0.2, 0.25) is 0 Å². The number of allylic oxidation sites excluding steroid dienone is 1. The molecule has 1 saturated heterocycles. The quantitative estimate of drug-likeness (QED) is 0.510. The maximum Gasteiger partial charge on any atom is 0.315 e. The van der Waals surface area contributed by atoms with E-state index in [2.05, 4.69) is 18.4 Å². The molecule has 1 atom stereocenters. The van der Waals surface area contributed by atoms with Crippen molar-refractivity contribution in [2.45, 2.75) is 26.7 Å². The Morgan fingerprint density at radius 3 is 2.93 bits per heavy atom. The third kappa shape index (κ3) is 3.14. The van der Waals surface area contributed by atoms with Crippen molar-refractivity contribution in [1.29, 1.82) is 0 Å². The number of esters is 1. The van der Waals surface area contributed by atoms with E-state index >= 15 is 0 Å². The minimum Gasteiger partial charge on any atom is -0.432 e. The van der Waals surface area contributed by atoms with Gasteiger partial charge < -0.3 is 9.64 Å². The normalized spacial score (nSPS) is 23.1. The molecule has 0 spiro atoms. The van der Waals surface area contributed by atoms with Crippen LogP contribution in [0.15, 0.2) is 12.3 Å². The number of hydrogen-bond acceptors (Lipinski definition) is 3. The summed E-state index contributed by atoms with van der Waals surface area (Å²) >= 11 is 0. The van der Waals surface area contributed by atoms with Crippen LogP contribution >= 0.6 is 0 Å². The van der Waals surface area contributed by atoms with Crippen LogP contribution in [-0.2, 0) is 9.53 Å². The van der Waals surface area contributed by atoms with Gasteiger partial charge in [-0.2, -0.15) is 0 Å². The van der Waals surface area contributed by atoms with Crippen LogP contribution in [0.3, 0.4) is 0 Å². The molecular formula is C11H19NO2. The van der Waals surface area contributed by atoms with E-state index in [1.54, 1.807) is 6.92 Å². The van der Waals surface area contributed by atoms with Gasteiger partial charge in [0.1, 0.15) is 0 Å². The fourth-order valence-electron chi connectivity index (χ4n) is 1.79. The van der Waals surface area contributed by atoms with Gasteiger partial charge in [0.05, 0.1) is 11.7 Å². The van der Waals surface area contributed by atoms with Crippen molar-refractivity contribution >= 4 is 5.97 Å². The lowest BCUT2D eigenvalue weighted by Gasteiger charge is -2.30. The number of rotatable bonds is 3. The van der Waals surface area contributed by atoms with E-state index in [1.165, 1.54) is 0 Å². The average molecular weight is 197 g/mol. The summed E-state index contributed by atoms with van der Waals surface area (Å²) in [5.41, 5.74) is 0. The summed E-state index contributed by atoms with van der Waals surface area (Å²) in [6.07, 6.45) is 2.03. The van der Waals surface area contributed by atoms with Gasteiger partial charge in [0, 0.05) is 6.54 Å². The second kappa shape index (κ2) is 5.15. The van der Waals surface area contributed by atoms with E-state index in [4.69, 9.17) is 4.74 Å². The lowest BCUT2D eigenvalue weighted by molar-refractivity contribution is -0.145. The monoisotopic (exact) mass is 197 g/mol. The van der Waals surface area contributed by atoms with E-state index < -0.39 is 0 Å². The van der Waals surface area contributed by atoms with E-state index in [1.807, 2.05) is 0 Å². The van der Waals surface area contributed by atoms with Gasteiger partial charge in [-0.25, -0.2) is 0 Å². The smallest absolute Gasteiger partial charge is 0.315 e. The van der Waals surface area contributed by atoms with Gasteiger partial charge in [-0.3, -0.25) is 4.79 Å². The summed E-state index contributed by atoms with van der Waals surface area (Å²) in [7, 11) is 0. The Morgan fingerprint density at radius 2 is 2.36 bits per heavy atom. The molecule has 0 aromatic rings. The van der Waals surface area contributed by atoms with Gasteiger partial charge in [0.15, 0.2) is 0 Å². The molecule has 1 aliphatic rings. The average Bonchev–Trinajstić information content (AvgIpc) is 2.17. The summed E-state index contributed by atoms with van der Waals surface area (Å²) < 4.78 is 5.02. The summed E-state index contributed by atoms with van der Waals surface area (Å²) in [5.74, 6) is 0.416. The molecule has 0 aromatic heterocycles. The molecule has 1 rings (SSSR count). The van der Waals surface area contributed by atoms with Crippen LogP contribution in [0, 0.1) is 5.92 Å². The first kappa shape index (κ1) is 11.2. The second-order valence-corrected chi connectivity index (χ2v) is 3.86. The lowest BCUT2D eigenvalue weighted by Crippen LogP contribution is -2.38. The molecule has 3 nitrogen and oxygen atoms in total. The zero-order chi connectivity index (χ0) is 10.6. The molecule has 1 aliphatic heterocycles. The molecule has 14 heavy (non-hydrogen) atoms. The Kier molecular flexibility index (Phi) is 4.14. The molecule has 0 bridgehead atoms. The van der Waals surface area contributed by atoms with Crippen molar-refractivity contribution < 1.29 is 9.53 Å². The third-order valence-electron chi connectivity index (χ3n) is 2.56. The molecule has 0 saturated carbocycles. The number of ether oxygens (including phenoxy) is 1. The Morgan fingerprint density at radius 1 is 1.64 bits per heavy atom. The Hall–Kier alpha value is -0.830. The maximum absolute atomic E-state index is 11.6. The molecule has 1 heterocycles. The number of nitrogens with zero attached hydrogens (tertiary/aromatic N) is 1. The number of likely N-dealkylation sites (tertiary alicyclic amines) is 1. The number of carbonyl (C=O) groups is 1. The van der Waals surface area contributed by atoms with Crippen LogP contribution in [0.4, 0.5) is 0 Å². The number of piperidine rings is 1. The van der Waals surface area contributed by atoms with Crippen molar-refractivity contribution in [3.05, 3.63) is 12.3 Å². The Balaban J connectivity index is 2.43. The van der Waals surface area contributed by atoms with Gasteiger partial charge in [-0.05, 0) is 32.9 Å². The van der Waals surface area contributed by atoms with Crippen molar-refractivity contribution in [3.8, 4) is 0 Å². The van der Waals surface area contributed by atoms with Crippen LogP contribution in [0.2, 0.25) is 0 Å². The Bertz CT molecular complexity index is 225. The number of hydrogen-bond donors (Lipinski definition) is 0. The molecule has 1 unspecified atom stereocenters. The van der Waals surface area contributed by atoms with E-state index in [0.717, 1.165) is 32.5 Å². The largest absolute Gasteiger partial charge is 0.432 e. The maximum atomic E-state index is 11.6. The standard InChI is InChI=1S/C11H19NO2/c1-4-12-7-5-6-10(8-12)11(13)14-9(2)3/h10H,2,4-8H2,1,3H3. The zero-order valence-corrected chi connectivity index (χ0v) is 9.08. The predicted molar refractivity (Wildman–Crippen MR) is 55.7 cm³/mol. The van der Waals surface area contributed by atoms with Crippen molar-refractivity contribution in [2.24, 2.45) is 5.92 Å². The second-order valence-electron chi connectivity index (χ2n) is 3.86. The molecular weight excluding hydrogens is 178 g/mol. The topological polar surface area (TPSA) is 29.5 Å². The molecule has 0 radical (unpaired) electrons. The first-order chi connectivity index (χ1) is 6.63. The minimum atomic E-state index is -0.115. The zero-order valence-electron chi connectivity index (χ0n) is 9.08. The Labute approximate surface area is 85.7 Å². The summed E-state index contributed by atoms with van der Waals surface area (Å²) in [6.45, 7) is 10.3. The van der Waals surface area contributed by atoms with Crippen molar-refractivity contribution in [1.82, 2.24) is 4.90 Å². The molecule has 0 amide bonds. The minimum absolute atomic E-state index is 0.0420. The van der Waals surface area contributed by atoms with Gasteiger partial charge in [0.25, 0.3) is 0 Å². The van der Waals surface area contributed by atoms with E-state index in [9.17, 15) is 4.79 Å². The lowest BCUT2D eigenvalue weighted by atomic mass is 9.98. The molecule has 1 fully saturated rings. The highest BCUT2D eigenvalue weighted by Gasteiger charge is 2.26. The fourth-order valence-corrected chi connectivity index (χ4v) is 1.79. The van der Waals surface area contributed by atoms with Crippen LogP contribution in [0.5, 0.6) is 0 Å². The van der Waals surface area contributed by atoms with Crippen LogP contribution in [0.1, 0.15) is 26.7 Å². The molecule has 0 aromatic carbocycles. The van der Waals surface area contributed by atoms with Crippen LogP contribution in [-0.4, -0.2) is 30.5 Å². The van der Waals surface area contributed by atoms with Crippen molar-refractivity contribution in [3.63, 3.8) is 0 Å². The van der Waals surface area contributed by atoms with Gasteiger partial charge in [-0.15, -0.1) is 0 Å². The number of carbonyl (C=O) groups excluding carboxylic acids is 1. The van der Waals surface area contributed by atoms with E-state index in [-0.39, 0.29) is 11.9 Å². The summed E-state index contributed by atoms with van der Waals surface area (Å²) in [5, 5.41) is 0. The van der Waals surface area contributed by atoms with Crippen LogP contribution < -0.4 is 0 Å². The molecule has 0 N–H and O–H groups in total. The van der Waals surface area contributed by atoms with Gasteiger partial charge >= 0.3 is 5.97 Å². The predicted octanol–water partition coefficient (Wildman–Crippen LogP) is 1.80. The highest BCUT2D eigenvalue weighted by atomic mass is 16.5.